The van der Waals surface area contributed by atoms with Crippen LogP contribution in [0.15, 0.2) is 18.2 Å². The fourth-order valence-corrected chi connectivity index (χ4v) is 2.18. The van der Waals surface area contributed by atoms with E-state index in [1.54, 1.807) is 12.1 Å². The van der Waals surface area contributed by atoms with Crippen molar-refractivity contribution in [3.63, 3.8) is 0 Å². The molecule has 5 heteroatoms. The van der Waals surface area contributed by atoms with Crippen LogP contribution in [0.2, 0.25) is 0 Å². The van der Waals surface area contributed by atoms with Gasteiger partial charge in [-0.3, -0.25) is 9.59 Å². The number of anilines is 1. The maximum absolute atomic E-state index is 11.2. The van der Waals surface area contributed by atoms with E-state index in [1.807, 2.05) is 13.0 Å². The zero-order chi connectivity index (χ0) is 14.0. The standard InChI is InChI=1S/C14H17NO4/c1-3-19-13-5-4-9(6-12(13)15-8(2)16)10-7-11(10)14(17)18/h4-6,10-11H,3,7H2,1-2H3,(H,15,16)(H,17,18). The molecule has 1 aliphatic rings. The average molecular weight is 263 g/mol. The Morgan fingerprint density at radius 2 is 2.21 bits per heavy atom. The van der Waals surface area contributed by atoms with Crippen molar-refractivity contribution in [1.82, 2.24) is 0 Å². The van der Waals surface area contributed by atoms with Crippen LogP contribution in [0.3, 0.4) is 0 Å². The van der Waals surface area contributed by atoms with Crippen molar-refractivity contribution >= 4 is 17.6 Å². The molecule has 0 spiro atoms. The predicted molar refractivity (Wildman–Crippen MR) is 70.4 cm³/mol. The van der Waals surface area contributed by atoms with Crippen LogP contribution in [0, 0.1) is 5.92 Å². The number of benzene rings is 1. The molecule has 1 saturated carbocycles. The number of carboxylic acids is 1. The quantitative estimate of drug-likeness (QED) is 0.854. The number of nitrogens with one attached hydrogen (secondary N) is 1. The van der Waals surface area contributed by atoms with Crippen LogP contribution >= 0.6 is 0 Å². The van der Waals surface area contributed by atoms with E-state index in [1.165, 1.54) is 6.92 Å². The van der Waals surface area contributed by atoms with Crippen LogP contribution in [0.5, 0.6) is 5.75 Å². The maximum Gasteiger partial charge on any atom is 0.307 e. The fraction of sp³-hybridized carbons (Fsp3) is 0.429. The highest BCUT2D eigenvalue weighted by atomic mass is 16.5. The van der Waals surface area contributed by atoms with Gasteiger partial charge < -0.3 is 15.2 Å². The zero-order valence-electron chi connectivity index (χ0n) is 11.0. The molecule has 0 saturated heterocycles. The molecule has 5 nitrogen and oxygen atoms in total. The number of carbonyl (C=O) groups excluding carboxylic acids is 1. The van der Waals surface area contributed by atoms with Crippen molar-refractivity contribution in [1.29, 1.82) is 0 Å². The lowest BCUT2D eigenvalue weighted by atomic mass is 10.1. The van der Waals surface area contributed by atoms with Gasteiger partial charge in [-0.15, -0.1) is 0 Å². The van der Waals surface area contributed by atoms with Gasteiger partial charge >= 0.3 is 5.97 Å². The molecule has 0 aliphatic heterocycles. The summed E-state index contributed by atoms with van der Waals surface area (Å²) in [6.45, 7) is 3.81. The van der Waals surface area contributed by atoms with Crippen LogP contribution in [-0.2, 0) is 9.59 Å². The van der Waals surface area contributed by atoms with Gasteiger partial charge in [0.05, 0.1) is 18.2 Å². The molecule has 2 unspecified atom stereocenters. The summed E-state index contributed by atoms with van der Waals surface area (Å²) >= 11 is 0. The molecule has 0 heterocycles. The van der Waals surface area contributed by atoms with Gasteiger partial charge in [0.2, 0.25) is 5.91 Å². The summed E-state index contributed by atoms with van der Waals surface area (Å²) in [5, 5.41) is 11.7. The van der Waals surface area contributed by atoms with Gasteiger partial charge in [0.1, 0.15) is 5.75 Å². The second-order valence-electron chi connectivity index (χ2n) is 4.66. The average Bonchev–Trinajstić information content (AvgIpc) is 3.11. The van der Waals surface area contributed by atoms with Crippen LogP contribution in [0.4, 0.5) is 5.69 Å². The Morgan fingerprint density at radius 3 is 2.74 bits per heavy atom. The molecule has 2 rings (SSSR count). The fourth-order valence-electron chi connectivity index (χ4n) is 2.18. The Hall–Kier alpha value is -2.04. The first-order valence-corrected chi connectivity index (χ1v) is 6.30. The smallest absolute Gasteiger partial charge is 0.307 e. The Bertz CT molecular complexity index is 512. The first kappa shape index (κ1) is 13.4. The highest BCUT2D eigenvalue weighted by Gasteiger charge is 2.44. The zero-order valence-corrected chi connectivity index (χ0v) is 11.0. The van der Waals surface area contributed by atoms with Crippen molar-refractivity contribution in [2.45, 2.75) is 26.2 Å². The summed E-state index contributed by atoms with van der Waals surface area (Å²) in [6, 6.07) is 5.45. The van der Waals surface area contributed by atoms with Gasteiger partial charge in [-0.25, -0.2) is 0 Å². The van der Waals surface area contributed by atoms with E-state index in [-0.39, 0.29) is 17.7 Å². The van der Waals surface area contributed by atoms with E-state index in [4.69, 9.17) is 9.84 Å². The monoisotopic (exact) mass is 263 g/mol. The molecule has 102 valence electrons. The number of ether oxygens (including phenoxy) is 1. The van der Waals surface area contributed by atoms with Gasteiger partial charge in [0.15, 0.2) is 0 Å². The van der Waals surface area contributed by atoms with E-state index in [0.29, 0.717) is 24.5 Å². The van der Waals surface area contributed by atoms with Gasteiger partial charge in [0.25, 0.3) is 0 Å². The molecule has 1 aliphatic carbocycles. The summed E-state index contributed by atoms with van der Waals surface area (Å²) < 4.78 is 5.44. The van der Waals surface area contributed by atoms with Crippen LogP contribution < -0.4 is 10.1 Å². The van der Waals surface area contributed by atoms with Gasteiger partial charge in [-0.2, -0.15) is 0 Å². The van der Waals surface area contributed by atoms with E-state index in [9.17, 15) is 9.59 Å². The first-order chi connectivity index (χ1) is 9.02. The van der Waals surface area contributed by atoms with Crippen LogP contribution in [0.25, 0.3) is 0 Å². The summed E-state index contributed by atoms with van der Waals surface area (Å²) in [6.07, 6.45) is 0.656. The third-order valence-electron chi connectivity index (χ3n) is 3.15. The molecule has 1 aromatic rings. The van der Waals surface area contributed by atoms with E-state index in [2.05, 4.69) is 5.32 Å². The second-order valence-corrected chi connectivity index (χ2v) is 4.66. The molecular formula is C14H17NO4. The van der Waals surface area contributed by atoms with E-state index in [0.717, 1.165) is 5.56 Å². The molecule has 1 aromatic carbocycles. The number of hydrogen-bond donors (Lipinski definition) is 2. The highest BCUT2D eigenvalue weighted by Crippen LogP contribution is 2.48. The minimum atomic E-state index is -0.764. The molecule has 2 N–H and O–H groups in total. The predicted octanol–water partition coefficient (Wildman–Crippen LogP) is 2.23. The molecule has 1 amide bonds. The van der Waals surface area contributed by atoms with Gasteiger partial charge in [0, 0.05) is 6.92 Å². The Morgan fingerprint density at radius 1 is 1.47 bits per heavy atom. The number of carboxylic acid groups (broad SMARTS) is 1. The summed E-state index contributed by atoms with van der Waals surface area (Å²) in [5.74, 6) is -0.596. The summed E-state index contributed by atoms with van der Waals surface area (Å²) in [4.78, 5) is 22.1. The summed E-state index contributed by atoms with van der Waals surface area (Å²) in [5.41, 5.74) is 1.53. The van der Waals surface area contributed by atoms with Crippen molar-refractivity contribution < 1.29 is 19.4 Å². The van der Waals surface area contributed by atoms with E-state index < -0.39 is 5.97 Å². The van der Waals surface area contributed by atoms with Crippen LogP contribution in [0.1, 0.15) is 31.7 Å². The van der Waals surface area contributed by atoms with Crippen molar-refractivity contribution in [2.24, 2.45) is 5.92 Å². The Kier molecular flexibility index (Phi) is 3.74. The number of rotatable bonds is 5. The van der Waals surface area contributed by atoms with E-state index >= 15 is 0 Å². The Labute approximate surface area is 111 Å². The molecule has 0 bridgehead atoms. The number of amides is 1. The SMILES string of the molecule is CCOc1ccc(C2CC2C(=O)O)cc1NC(C)=O. The normalized spacial score (nSPS) is 20.7. The lowest BCUT2D eigenvalue weighted by Gasteiger charge is -2.12. The maximum atomic E-state index is 11.2. The molecule has 1 fully saturated rings. The highest BCUT2D eigenvalue weighted by molar-refractivity contribution is 5.90. The van der Waals surface area contributed by atoms with Gasteiger partial charge in [-0.1, -0.05) is 6.07 Å². The van der Waals surface area contributed by atoms with Gasteiger partial charge in [-0.05, 0) is 37.0 Å². The number of aliphatic carboxylic acids is 1. The van der Waals surface area contributed by atoms with Crippen molar-refractivity contribution in [3.8, 4) is 5.75 Å². The molecule has 2 atom stereocenters. The molecular weight excluding hydrogens is 246 g/mol. The molecule has 19 heavy (non-hydrogen) atoms. The third kappa shape index (κ3) is 3.05. The van der Waals surface area contributed by atoms with Crippen molar-refractivity contribution in [3.05, 3.63) is 23.8 Å². The topological polar surface area (TPSA) is 75.6 Å². The van der Waals surface area contributed by atoms with Crippen molar-refractivity contribution in [2.75, 3.05) is 11.9 Å². The first-order valence-electron chi connectivity index (χ1n) is 6.30. The second kappa shape index (κ2) is 5.30. The lowest BCUT2D eigenvalue weighted by molar-refractivity contribution is -0.138. The summed E-state index contributed by atoms with van der Waals surface area (Å²) in [7, 11) is 0. The van der Waals surface area contributed by atoms with Crippen LogP contribution in [-0.4, -0.2) is 23.6 Å². The minimum Gasteiger partial charge on any atom is -0.492 e. The largest absolute Gasteiger partial charge is 0.492 e. The third-order valence-corrected chi connectivity index (χ3v) is 3.15. The minimum absolute atomic E-state index is 0.0423. The lowest BCUT2D eigenvalue weighted by Crippen LogP contribution is -2.08. The molecule has 0 radical (unpaired) electrons. The number of hydrogen-bond acceptors (Lipinski definition) is 3. The number of carbonyl (C=O) groups is 2. The Balaban J connectivity index is 2.23. The molecule has 0 aromatic heterocycles.